The number of nitrogens with one attached hydrogen (secondary N) is 2. The number of amides is 2. The number of carbonyl (C=O) groups is 2. The summed E-state index contributed by atoms with van der Waals surface area (Å²) in [7, 11) is 1.51. The van der Waals surface area contributed by atoms with Gasteiger partial charge in [-0.15, -0.1) is 0 Å². The van der Waals surface area contributed by atoms with Crippen LogP contribution in [0.3, 0.4) is 0 Å². The van der Waals surface area contributed by atoms with Crippen molar-refractivity contribution in [2.45, 2.75) is 32.6 Å². The summed E-state index contributed by atoms with van der Waals surface area (Å²) in [6.45, 7) is 2.44. The molecule has 0 atom stereocenters. The molecule has 98 valence electrons. The highest BCUT2D eigenvalue weighted by atomic mass is 16.5. The summed E-state index contributed by atoms with van der Waals surface area (Å²) in [5, 5.41) is 4.76. The summed E-state index contributed by atoms with van der Waals surface area (Å²) in [6.07, 6.45) is 7.61. The number of rotatable bonds is 8. The molecule has 0 spiro atoms. The number of unbranched alkanes of at least 4 members (excludes halogenated alkanes) is 2. The van der Waals surface area contributed by atoms with E-state index in [1.165, 1.54) is 7.05 Å². The number of likely N-dealkylation sites (N-methyl/N-ethyl adjacent to an activating group) is 1. The molecule has 0 aliphatic carbocycles. The van der Waals surface area contributed by atoms with Crippen LogP contribution in [0.4, 0.5) is 4.79 Å². The third-order valence-electron chi connectivity index (χ3n) is 2.07. The molecule has 0 radical (unpaired) electrons. The Morgan fingerprint density at radius 2 is 2.00 bits per heavy atom. The largest absolute Gasteiger partial charge is 0.450 e. The Balaban J connectivity index is 3.33. The van der Waals surface area contributed by atoms with E-state index >= 15 is 0 Å². The highest BCUT2D eigenvalue weighted by molar-refractivity contribution is 5.81. The maximum absolute atomic E-state index is 11.1. The van der Waals surface area contributed by atoms with Crippen molar-refractivity contribution in [1.82, 2.24) is 10.6 Å². The zero-order valence-corrected chi connectivity index (χ0v) is 10.6. The SMILES string of the molecule is CCC=CCCCCOC(=O)NCC(=O)NC. The Hall–Kier alpha value is -1.52. The summed E-state index contributed by atoms with van der Waals surface area (Å²) in [5.41, 5.74) is 0. The van der Waals surface area contributed by atoms with Crippen molar-refractivity contribution in [2.75, 3.05) is 20.2 Å². The van der Waals surface area contributed by atoms with Crippen LogP contribution in [-0.2, 0) is 9.53 Å². The van der Waals surface area contributed by atoms with E-state index in [2.05, 4.69) is 29.7 Å². The molecule has 0 saturated carbocycles. The molecule has 0 aliphatic rings. The first-order chi connectivity index (χ1) is 8.20. The topological polar surface area (TPSA) is 67.4 Å². The molecule has 17 heavy (non-hydrogen) atoms. The van der Waals surface area contributed by atoms with E-state index < -0.39 is 6.09 Å². The minimum Gasteiger partial charge on any atom is -0.450 e. The molecular weight excluding hydrogens is 220 g/mol. The van der Waals surface area contributed by atoms with Crippen molar-refractivity contribution in [3.8, 4) is 0 Å². The first kappa shape index (κ1) is 15.5. The van der Waals surface area contributed by atoms with Gasteiger partial charge in [-0.25, -0.2) is 4.79 Å². The zero-order chi connectivity index (χ0) is 12.9. The number of alkyl carbamates (subject to hydrolysis) is 1. The summed E-state index contributed by atoms with van der Waals surface area (Å²) in [6, 6.07) is 0. The van der Waals surface area contributed by atoms with Gasteiger partial charge in [0.05, 0.1) is 13.2 Å². The number of hydrogen-bond donors (Lipinski definition) is 2. The average Bonchev–Trinajstić information content (AvgIpc) is 2.34. The third kappa shape index (κ3) is 10.8. The van der Waals surface area contributed by atoms with Crippen LogP contribution in [0.25, 0.3) is 0 Å². The molecular formula is C12H22N2O3. The van der Waals surface area contributed by atoms with E-state index in [-0.39, 0.29) is 12.5 Å². The normalized spacial score (nSPS) is 10.2. The van der Waals surface area contributed by atoms with Gasteiger partial charge in [0.2, 0.25) is 5.91 Å². The highest BCUT2D eigenvalue weighted by Gasteiger charge is 2.03. The second-order valence-corrected chi connectivity index (χ2v) is 3.54. The van der Waals surface area contributed by atoms with Crippen LogP contribution < -0.4 is 10.6 Å². The molecule has 0 bridgehead atoms. The van der Waals surface area contributed by atoms with Crippen LogP contribution in [0, 0.1) is 0 Å². The first-order valence-electron chi connectivity index (χ1n) is 5.97. The Bertz CT molecular complexity index is 252. The van der Waals surface area contributed by atoms with Crippen LogP contribution in [0.2, 0.25) is 0 Å². The van der Waals surface area contributed by atoms with Crippen LogP contribution >= 0.6 is 0 Å². The summed E-state index contributed by atoms with van der Waals surface area (Å²) < 4.78 is 4.89. The minimum atomic E-state index is -0.544. The molecule has 0 heterocycles. The molecule has 5 heteroatoms. The van der Waals surface area contributed by atoms with Crippen molar-refractivity contribution in [2.24, 2.45) is 0 Å². The Morgan fingerprint density at radius 3 is 2.65 bits per heavy atom. The first-order valence-corrected chi connectivity index (χ1v) is 5.97. The van der Waals surface area contributed by atoms with Gasteiger partial charge in [0.15, 0.2) is 0 Å². The lowest BCUT2D eigenvalue weighted by molar-refractivity contribution is -0.119. The smallest absolute Gasteiger partial charge is 0.407 e. The molecule has 2 N–H and O–H groups in total. The number of allylic oxidation sites excluding steroid dienone is 2. The van der Waals surface area contributed by atoms with Crippen LogP contribution in [0.1, 0.15) is 32.6 Å². The molecule has 0 aromatic heterocycles. The maximum atomic E-state index is 11.1. The quantitative estimate of drug-likeness (QED) is 0.502. The van der Waals surface area contributed by atoms with Crippen LogP contribution in [-0.4, -0.2) is 32.2 Å². The van der Waals surface area contributed by atoms with Crippen molar-refractivity contribution in [3.05, 3.63) is 12.2 Å². The van der Waals surface area contributed by atoms with E-state index in [0.717, 1.165) is 25.7 Å². The molecule has 0 aromatic rings. The van der Waals surface area contributed by atoms with E-state index in [4.69, 9.17) is 4.74 Å². The summed E-state index contributed by atoms with van der Waals surface area (Å²) >= 11 is 0. The summed E-state index contributed by atoms with van der Waals surface area (Å²) in [5.74, 6) is -0.244. The maximum Gasteiger partial charge on any atom is 0.407 e. The van der Waals surface area contributed by atoms with Gasteiger partial charge in [0, 0.05) is 7.05 Å². The second-order valence-electron chi connectivity index (χ2n) is 3.54. The van der Waals surface area contributed by atoms with E-state index in [1.54, 1.807) is 0 Å². The van der Waals surface area contributed by atoms with Gasteiger partial charge in [-0.2, -0.15) is 0 Å². The lowest BCUT2D eigenvalue weighted by Gasteiger charge is -2.05. The standard InChI is InChI=1S/C12H22N2O3/c1-3-4-5-6-7-8-9-17-12(16)14-10-11(15)13-2/h4-5H,3,6-10H2,1-2H3,(H,13,15)(H,14,16). The minimum absolute atomic E-state index is 0.0471. The van der Waals surface area contributed by atoms with Crippen molar-refractivity contribution < 1.29 is 14.3 Å². The van der Waals surface area contributed by atoms with Gasteiger partial charge in [-0.05, 0) is 25.7 Å². The molecule has 0 unspecified atom stereocenters. The zero-order valence-electron chi connectivity index (χ0n) is 10.6. The van der Waals surface area contributed by atoms with E-state index in [1.807, 2.05) is 0 Å². The van der Waals surface area contributed by atoms with Crippen molar-refractivity contribution >= 4 is 12.0 Å². The van der Waals surface area contributed by atoms with Gasteiger partial charge in [0.25, 0.3) is 0 Å². The predicted octanol–water partition coefficient (Wildman–Crippen LogP) is 1.60. The van der Waals surface area contributed by atoms with Crippen molar-refractivity contribution in [3.63, 3.8) is 0 Å². The van der Waals surface area contributed by atoms with Crippen LogP contribution in [0.5, 0.6) is 0 Å². The summed E-state index contributed by atoms with van der Waals surface area (Å²) in [4.78, 5) is 21.9. The van der Waals surface area contributed by atoms with Gasteiger partial charge >= 0.3 is 6.09 Å². The van der Waals surface area contributed by atoms with Gasteiger partial charge in [-0.1, -0.05) is 19.1 Å². The average molecular weight is 242 g/mol. The van der Waals surface area contributed by atoms with Gasteiger partial charge < -0.3 is 15.4 Å². The number of carbonyl (C=O) groups excluding carboxylic acids is 2. The van der Waals surface area contributed by atoms with Gasteiger partial charge in [-0.3, -0.25) is 4.79 Å². The fourth-order valence-corrected chi connectivity index (χ4v) is 1.11. The Labute approximate surface area is 103 Å². The number of ether oxygens (including phenoxy) is 1. The molecule has 0 saturated heterocycles. The lowest BCUT2D eigenvalue weighted by atomic mass is 10.2. The van der Waals surface area contributed by atoms with E-state index in [0.29, 0.717) is 6.61 Å². The Kier molecular flexibility index (Phi) is 10.00. The predicted molar refractivity (Wildman–Crippen MR) is 66.7 cm³/mol. The molecule has 0 fully saturated rings. The molecule has 5 nitrogen and oxygen atoms in total. The Morgan fingerprint density at radius 1 is 1.24 bits per heavy atom. The molecule has 0 rings (SSSR count). The molecule has 0 aliphatic heterocycles. The second kappa shape index (κ2) is 11.0. The fraction of sp³-hybridized carbons (Fsp3) is 0.667. The fourth-order valence-electron chi connectivity index (χ4n) is 1.11. The number of hydrogen-bond acceptors (Lipinski definition) is 3. The van der Waals surface area contributed by atoms with E-state index in [9.17, 15) is 9.59 Å². The lowest BCUT2D eigenvalue weighted by Crippen LogP contribution is -2.35. The molecule has 0 aromatic carbocycles. The van der Waals surface area contributed by atoms with Crippen molar-refractivity contribution in [1.29, 1.82) is 0 Å². The monoisotopic (exact) mass is 242 g/mol. The van der Waals surface area contributed by atoms with Gasteiger partial charge in [0.1, 0.15) is 0 Å². The van der Waals surface area contributed by atoms with Crippen LogP contribution in [0.15, 0.2) is 12.2 Å². The highest BCUT2D eigenvalue weighted by Crippen LogP contribution is 1.98. The third-order valence-corrected chi connectivity index (χ3v) is 2.07. The molecule has 2 amide bonds.